The molecule has 0 saturated heterocycles. The highest BCUT2D eigenvalue weighted by Crippen LogP contribution is 2.21. The van der Waals surface area contributed by atoms with E-state index in [0.29, 0.717) is 6.04 Å². The van der Waals surface area contributed by atoms with Crippen molar-refractivity contribution in [2.75, 3.05) is 0 Å². The van der Waals surface area contributed by atoms with Gasteiger partial charge in [0.25, 0.3) is 0 Å². The van der Waals surface area contributed by atoms with E-state index in [1.807, 2.05) is 10.9 Å². The summed E-state index contributed by atoms with van der Waals surface area (Å²) in [5.74, 6) is 0.171. The summed E-state index contributed by atoms with van der Waals surface area (Å²) in [6.07, 6.45) is 6.84. The lowest BCUT2D eigenvalue weighted by Gasteiger charge is -2.03. The van der Waals surface area contributed by atoms with E-state index in [0.717, 1.165) is 11.1 Å². The minimum Gasteiger partial charge on any atom is -0.506 e. The summed E-state index contributed by atoms with van der Waals surface area (Å²) in [5, 5.41) is 13.5. The van der Waals surface area contributed by atoms with Crippen molar-refractivity contribution in [1.82, 2.24) is 14.8 Å². The van der Waals surface area contributed by atoms with Crippen LogP contribution in [-0.4, -0.2) is 19.9 Å². The Hall–Kier alpha value is -1.84. The predicted molar refractivity (Wildman–Crippen MR) is 57.5 cm³/mol. The second kappa shape index (κ2) is 3.73. The first-order chi connectivity index (χ1) is 7.16. The molecule has 0 aliphatic carbocycles. The smallest absolute Gasteiger partial charge is 0.134 e. The van der Waals surface area contributed by atoms with Crippen molar-refractivity contribution >= 4 is 0 Å². The summed E-state index contributed by atoms with van der Waals surface area (Å²) in [7, 11) is 0. The molecule has 0 aliphatic heterocycles. The van der Waals surface area contributed by atoms with E-state index in [9.17, 15) is 5.11 Å². The fourth-order valence-corrected chi connectivity index (χ4v) is 1.36. The molecule has 0 fully saturated rings. The van der Waals surface area contributed by atoms with E-state index >= 15 is 0 Å². The summed E-state index contributed by atoms with van der Waals surface area (Å²) < 4.78 is 1.87. The summed E-state index contributed by atoms with van der Waals surface area (Å²) in [4.78, 5) is 3.93. The number of rotatable bonds is 2. The molecule has 4 heteroatoms. The highest BCUT2D eigenvalue weighted by molar-refractivity contribution is 5.61. The molecular weight excluding hydrogens is 190 g/mol. The third kappa shape index (κ3) is 1.98. The van der Waals surface area contributed by atoms with Gasteiger partial charge in [0, 0.05) is 29.6 Å². The van der Waals surface area contributed by atoms with Crippen molar-refractivity contribution < 1.29 is 5.11 Å². The van der Waals surface area contributed by atoms with Gasteiger partial charge in [-0.2, -0.15) is 5.10 Å². The van der Waals surface area contributed by atoms with Crippen LogP contribution in [0.3, 0.4) is 0 Å². The fraction of sp³-hybridized carbons (Fsp3) is 0.273. The second-order valence-electron chi connectivity index (χ2n) is 3.73. The molecule has 0 atom stereocenters. The van der Waals surface area contributed by atoms with Crippen LogP contribution in [0.2, 0.25) is 0 Å². The zero-order valence-corrected chi connectivity index (χ0v) is 8.75. The standard InChI is InChI=1S/C11H13N3O/c1-8(2)14-7-10(5-13-14)9-3-11(15)6-12-4-9/h3-8,15H,1-2H3. The maximum absolute atomic E-state index is 9.30. The molecular formula is C11H13N3O. The first kappa shape index (κ1) is 9.71. The Morgan fingerprint density at radius 1 is 1.20 bits per heavy atom. The first-order valence-electron chi connectivity index (χ1n) is 4.85. The van der Waals surface area contributed by atoms with E-state index in [1.54, 1.807) is 18.5 Å². The van der Waals surface area contributed by atoms with Gasteiger partial charge < -0.3 is 5.11 Å². The molecule has 2 aromatic rings. The molecule has 2 aromatic heterocycles. The normalized spacial score (nSPS) is 10.9. The third-order valence-electron chi connectivity index (χ3n) is 2.19. The zero-order valence-electron chi connectivity index (χ0n) is 8.75. The molecule has 2 rings (SSSR count). The number of nitrogens with zero attached hydrogens (tertiary/aromatic N) is 3. The summed E-state index contributed by atoms with van der Waals surface area (Å²) in [5.41, 5.74) is 1.84. The van der Waals surface area contributed by atoms with E-state index in [2.05, 4.69) is 23.9 Å². The number of hydrogen-bond donors (Lipinski definition) is 1. The summed E-state index contributed by atoms with van der Waals surface area (Å²) >= 11 is 0. The Labute approximate surface area is 88.2 Å². The molecule has 0 spiro atoms. The lowest BCUT2D eigenvalue weighted by Crippen LogP contribution is -1.99. The average molecular weight is 203 g/mol. The van der Waals surface area contributed by atoms with E-state index < -0.39 is 0 Å². The van der Waals surface area contributed by atoms with E-state index in [-0.39, 0.29) is 5.75 Å². The number of aromatic nitrogens is 3. The number of hydrogen-bond acceptors (Lipinski definition) is 3. The highest BCUT2D eigenvalue weighted by atomic mass is 16.3. The monoisotopic (exact) mass is 203 g/mol. The molecule has 1 N–H and O–H groups in total. The number of pyridine rings is 1. The molecule has 78 valence electrons. The first-order valence-corrected chi connectivity index (χ1v) is 4.85. The lowest BCUT2D eigenvalue weighted by molar-refractivity contribution is 0.473. The van der Waals surface area contributed by atoms with E-state index in [1.165, 1.54) is 6.20 Å². The molecule has 0 saturated carbocycles. The van der Waals surface area contributed by atoms with Crippen LogP contribution in [0.4, 0.5) is 0 Å². The summed E-state index contributed by atoms with van der Waals surface area (Å²) in [6.45, 7) is 4.13. The highest BCUT2D eigenvalue weighted by Gasteiger charge is 2.04. The minimum absolute atomic E-state index is 0.171. The van der Waals surface area contributed by atoms with Crippen LogP contribution in [0.5, 0.6) is 5.75 Å². The minimum atomic E-state index is 0.171. The van der Waals surface area contributed by atoms with Gasteiger partial charge in [0.2, 0.25) is 0 Å². The van der Waals surface area contributed by atoms with Gasteiger partial charge in [-0.1, -0.05) is 0 Å². The number of aromatic hydroxyl groups is 1. The Morgan fingerprint density at radius 3 is 2.60 bits per heavy atom. The SMILES string of the molecule is CC(C)n1cc(-c2cncc(O)c2)cn1. The predicted octanol–water partition coefficient (Wildman–Crippen LogP) is 2.23. The Bertz CT molecular complexity index is 462. The van der Waals surface area contributed by atoms with Crippen molar-refractivity contribution in [1.29, 1.82) is 0 Å². The van der Waals surface area contributed by atoms with Gasteiger partial charge in [0.1, 0.15) is 5.75 Å². The average Bonchev–Trinajstić information content (AvgIpc) is 2.66. The van der Waals surface area contributed by atoms with Crippen LogP contribution in [0.25, 0.3) is 11.1 Å². The third-order valence-corrected chi connectivity index (χ3v) is 2.19. The molecule has 0 aromatic carbocycles. The van der Waals surface area contributed by atoms with Crippen LogP contribution in [0.15, 0.2) is 30.9 Å². The maximum Gasteiger partial charge on any atom is 0.134 e. The maximum atomic E-state index is 9.30. The molecule has 0 radical (unpaired) electrons. The Kier molecular flexibility index (Phi) is 2.41. The van der Waals surface area contributed by atoms with Gasteiger partial charge in [0.15, 0.2) is 0 Å². The molecule has 0 amide bonds. The van der Waals surface area contributed by atoms with Crippen LogP contribution in [-0.2, 0) is 0 Å². The van der Waals surface area contributed by atoms with Gasteiger partial charge in [0.05, 0.1) is 12.4 Å². The molecule has 0 aliphatic rings. The Morgan fingerprint density at radius 2 is 2.00 bits per heavy atom. The van der Waals surface area contributed by atoms with Crippen LogP contribution in [0.1, 0.15) is 19.9 Å². The van der Waals surface area contributed by atoms with Crippen molar-refractivity contribution in [2.24, 2.45) is 0 Å². The largest absolute Gasteiger partial charge is 0.506 e. The Balaban J connectivity index is 2.37. The van der Waals surface area contributed by atoms with Crippen molar-refractivity contribution in [2.45, 2.75) is 19.9 Å². The molecule has 4 nitrogen and oxygen atoms in total. The molecule has 0 bridgehead atoms. The van der Waals surface area contributed by atoms with Gasteiger partial charge in [-0.15, -0.1) is 0 Å². The van der Waals surface area contributed by atoms with Crippen molar-refractivity contribution in [3.05, 3.63) is 30.9 Å². The van der Waals surface area contributed by atoms with Crippen LogP contribution in [0, 0.1) is 0 Å². The molecule has 2 heterocycles. The van der Waals surface area contributed by atoms with Crippen LogP contribution >= 0.6 is 0 Å². The quantitative estimate of drug-likeness (QED) is 0.814. The lowest BCUT2D eigenvalue weighted by atomic mass is 10.2. The van der Waals surface area contributed by atoms with Crippen molar-refractivity contribution in [3.63, 3.8) is 0 Å². The molecule has 15 heavy (non-hydrogen) atoms. The van der Waals surface area contributed by atoms with Gasteiger partial charge in [-0.05, 0) is 19.9 Å². The van der Waals surface area contributed by atoms with Gasteiger partial charge >= 0.3 is 0 Å². The molecule has 0 unspecified atom stereocenters. The zero-order chi connectivity index (χ0) is 10.8. The van der Waals surface area contributed by atoms with Gasteiger partial charge in [-0.3, -0.25) is 9.67 Å². The second-order valence-corrected chi connectivity index (χ2v) is 3.73. The summed E-state index contributed by atoms with van der Waals surface area (Å²) in [6, 6.07) is 2.01. The topological polar surface area (TPSA) is 50.9 Å². The van der Waals surface area contributed by atoms with Crippen molar-refractivity contribution in [3.8, 4) is 16.9 Å². The fourth-order valence-electron chi connectivity index (χ4n) is 1.36. The van der Waals surface area contributed by atoms with E-state index in [4.69, 9.17) is 0 Å². The van der Waals surface area contributed by atoms with Gasteiger partial charge in [-0.25, -0.2) is 0 Å². The van der Waals surface area contributed by atoms with Crippen LogP contribution < -0.4 is 0 Å².